The first-order chi connectivity index (χ1) is 13.8. The summed E-state index contributed by atoms with van der Waals surface area (Å²) in [7, 11) is 0. The van der Waals surface area contributed by atoms with Gasteiger partial charge in [0.05, 0.1) is 5.56 Å². The number of carbonyl (C=O) groups is 3. The van der Waals surface area contributed by atoms with E-state index >= 15 is 0 Å². The molecule has 1 aliphatic carbocycles. The van der Waals surface area contributed by atoms with E-state index in [0.717, 1.165) is 4.90 Å². The minimum absolute atomic E-state index is 0.190. The Morgan fingerprint density at radius 2 is 1.77 bits per heavy atom. The molecule has 1 unspecified atom stereocenters. The van der Waals surface area contributed by atoms with Gasteiger partial charge >= 0.3 is 5.97 Å². The van der Waals surface area contributed by atoms with E-state index in [0.29, 0.717) is 29.8 Å². The van der Waals surface area contributed by atoms with Crippen LogP contribution < -0.4 is 0 Å². The number of nitrogens with zero attached hydrogens (tertiary/aromatic N) is 1. The van der Waals surface area contributed by atoms with E-state index in [4.69, 9.17) is 9.15 Å². The van der Waals surface area contributed by atoms with E-state index < -0.39 is 23.3 Å². The van der Waals surface area contributed by atoms with Gasteiger partial charge in [-0.15, -0.1) is 11.8 Å². The van der Waals surface area contributed by atoms with E-state index in [2.05, 4.69) is 4.98 Å². The molecule has 1 fully saturated rings. The fourth-order valence-corrected chi connectivity index (χ4v) is 3.67. The molecular weight excluding hydrogens is 402 g/mol. The van der Waals surface area contributed by atoms with E-state index in [1.54, 1.807) is 32.9 Å². The van der Waals surface area contributed by atoms with Crippen molar-refractivity contribution in [2.75, 3.05) is 6.26 Å². The van der Waals surface area contributed by atoms with E-state index in [1.165, 1.54) is 11.8 Å². The summed E-state index contributed by atoms with van der Waals surface area (Å²) in [6.07, 6.45) is 3.31. The Kier molecular flexibility index (Phi) is 5.89. The van der Waals surface area contributed by atoms with Gasteiger partial charge in [0.2, 0.25) is 5.89 Å². The summed E-state index contributed by atoms with van der Waals surface area (Å²) >= 11 is 1.49. The van der Waals surface area contributed by atoms with Gasteiger partial charge in [0.15, 0.2) is 23.1 Å². The normalized spacial score (nSPS) is 15.8. The molecule has 0 radical (unpaired) electrons. The number of ether oxygens (including phenoxy) is 1. The Bertz CT molecular complexity index is 1000. The van der Waals surface area contributed by atoms with Gasteiger partial charge in [-0.2, -0.15) is 0 Å². The summed E-state index contributed by atoms with van der Waals surface area (Å²) in [6, 6.07) is 3.40. The van der Waals surface area contributed by atoms with E-state index in [-0.39, 0.29) is 22.7 Å². The van der Waals surface area contributed by atoms with Crippen LogP contribution in [0.15, 0.2) is 21.4 Å². The van der Waals surface area contributed by atoms with Gasteiger partial charge in [-0.05, 0) is 52.0 Å². The van der Waals surface area contributed by atoms with Gasteiger partial charge < -0.3 is 9.15 Å². The lowest BCUT2D eigenvalue weighted by Crippen LogP contribution is -2.38. The van der Waals surface area contributed by atoms with Gasteiger partial charge in [0.25, 0.3) is 0 Å². The number of benzene rings is 1. The standard InChI is InChI=1S/C23H29NO5S/c1-22(2,3)21-24-16-14(30-7)11-10-13(19(16)28-21)18(26)15(17(25)12-8-9-12)20(27)29-23(4,5)6/h10-12,15H,8-9H2,1-7H3. The molecule has 1 atom stereocenters. The van der Waals surface area contributed by atoms with Crippen LogP contribution in [-0.2, 0) is 19.7 Å². The van der Waals surface area contributed by atoms with E-state index in [9.17, 15) is 14.4 Å². The predicted molar refractivity (Wildman–Crippen MR) is 116 cm³/mol. The molecule has 7 heteroatoms. The highest BCUT2D eigenvalue weighted by atomic mass is 32.2. The van der Waals surface area contributed by atoms with Crippen molar-refractivity contribution >= 4 is 40.4 Å². The van der Waals surface area contributed by atoms with Crippen molar-refractivity contribution in [2.45, 2.75) is 70.3 Å². The Hall–Kier alpha value is -2.15. The predicted octanol–water partition coefficient (Wildman–Crippen LogP) is 4.97. The fourth-order valence-electron chi connectivity index (χ4n) is 3.14. The minimum Gasteiger partial charge on any atom is -0.459 e. The Balaban J connectivity index is 2.11. The molecule has 0 saturated heterocycles. The number of rotatable bonds is 6. The molecule has 1 heterocycles. The SMILES string of the molecule is CSc1ccc(C(=O)C(C(=O)OC(C)(C)C)C(=O)C2CC2)c2oc(C(C)(C)C)nc12. The third kappa shape index (κ3) is 4.61. The van der Waals surface area contributed by atoms with Crippen molar-refractivity contribution in [1.29, 1.82) is 0 Å². The summed E-state index contributed by atoms with van der Waals surface area (Å²) < 4.78 is 11.4. The lowest BCUT2D eigenvalue weighted by Gasteiger charge is -2.23. The maximum absolute atomic E-state index is 13.5. The molecule has 0 aliphatic heterocycles. The van der Waals surface area contributed by atoms with Crippen molar-refractivity contribution < 1.29 is 23.5 Å². The van der Waals surface area contributed by atoms with Gasteiger partial charge in [-0.25, -0.2) is 4.98 Å². The second-order valence-corrected chi connectivity index (χ2v) is 10.6. The fraction of sp³-hybridized carbons (Fsp3) is 0.565. The van der Waals surface area contributed by atoms with Crippen molar-refractivity contribution in [3.8, 4) is 0 Å². The molecule has 0 amide bonds. The number of fused-ring (bicyclic) bond motifs is 1. The first kappa shape index (κ1) is 22.5. The molecule has 0 N–H and O–H groups in total. The molecular formula is C23H29NO5S. The zero-order chi connectivity index (χ0) is 22.4. The Labute approximate surface area is 181 Å². The quantitative estimate of drug-likeness (QED) is 0.276. The molecule has 3 rings (SSSR count). The van der Waals surface area contributed by atoms with E-state index in [1.807, 2.05) is 27.0 Å². The zero-order valence-electron chi connectivity index (χ0n) is 18.6. The van der Waals surface area contributed by atoms with Crippen LogP contribution >= 0.6 is 11.8 Å². The maximum atomic E-state index is 13.5. The molecule has 1 aromatic heterocycles. The number of hydrogen-bond acceptors (Lipinski definition) is 7. The second kappa shape index (κ2) is 7.84. The molecule has 2 aromatic rings. The molecule has 1 saturated carbocycles. The van der Waals surface area contributed by atoms with Crippen LogP contribution in [0.5, 0.6) is 0 Å². The van der Waals surface area contributed by atoms with Crippen LogP contribution in [0.4, 0.5) is 0 Å². The molecule has 1 aliphatic rings. The Morgan fingerprint density at radius 1 is 1.13 bits per heavy atom. The van der Waals surface area contributed by atoms with Gasteiger partial charge in [-0.3, -0.25) is 14.4 Å². The largest absolute Gasteiger partial charge is 0.459 e. The van der Waals surface area contributed by atoms with Crippen LogP contribution in [0.1, 0.15) is 70.6 Å². The van der Waals surface area contributed by atoms with Crippen LogP contribution in [0, 0.1) is 11.8 Å². The van der Waals surface area contributed by atoms with Crippen LogP contribution in [0.3, 0.4) is 0 Å². The number of hydrogen-bond donors (Lipinski definition) is 0. The van der Waals surface area contributed by atoms with Gasteiger partial charge in [0, 0.05) is 16.2 Å². The van der Waals surface area contributed by atoms with Crippen molar-refractivity contribution in [3.63, 3.8) is 0 Å². The van der Waals surface area contributed by atoms with Gasteiger partial charge in [-0.1, -0.05) is 20.8 Å². The lowest BCUT2D eigenvalue weighted by atomic mass is 9.90. The summed E-state index contributed by atoms with van der Waals surface area (Å²) in [5.41, 5.74) is -0.0864. The van der Waals surface area contributed by atoms with Crippen molar-refractivity contribution in [3.05, 3.63) is 23.6 Å². The van der Waals surface area contributed by atoms with Gasteiger partial charge in [0.1, 0.15) is 11.1 Å². The average molecular weight is 432 g/mol. The third-order valence-electron chi connectivity index (χ3n) is 4.80. The Morgan fingerprint density at radius 3 is 2.27 bits per heavy atom. The highest BCUT2D eigenvalue weighted by Crippen LogP contribution is 2.37. The number of ketones is 2. The first-order valence-corrected chi connectivity index (χ1v) is 11.3. The molecule has 0 spiro atoms. The average Bonchev–Trinajstić information content (AvgIpc) is 3.36. The zero-order valence-corrected chi connectivity index (χ0v) is 19.4. The number of carbonyl (C=O) groups excluding carboxylic acids is 3. The number of Topliss-reactive ketones (excluding diaryl/α,β-unsaturated/α-hetero) is 2. The summed E-state index contributed by atoms with van der Waals surface area (Å²) in [5.74, 6) is -3.00. The topological polar surface area (TPSA) is 86.5 Å². The van der Waals surface area contributed by atoms with Crippen molar-refractivity contribution in [1.82, 2.24) is 4.98 Å². The lowest BCUT2D eigenvalue weighted by molar-refractivity contribution is -0.160. The highest BCUT2D eigenvalue weighted by Gasteiger charge is 2.45. The number of aromatic nitrogens is 1. The second-order valence-electron chi connectivity index (χ2n) is 9.77. The highest BCUT2D eigenvalue weighted by molar-refractivity contribution is 7.98. The summed E-state index contributed by atoms with van der Waals surface area (Å²) in [5, 5.41) is 0. The number of esters is 1. The summed E-state index contributed by atoms with van der Waals surface area (Å²) in [6.45, 7) is 11.1. The van der Waals surface area contributed by atoms with Crippen molar-refractivity contribution in [2.24, 2.45) is 11.8 Å². The van der Waals surface area contributed by atoms with Crippen LogP contribution in [0.2, 0.25) is 0 Å². The molecule has 6 nitrogen and oxygen atoms in total. The number of thioether (sulfide) groups is 1. The van der Waals surface area contributed by atoms with Crippen LogP contribution in [-0.4, -0.2) is 34.4 Å². The first-order valence-electron chi connectivity index (χ1n) is 10.1. The summed E-state index contributed by atoms with van der Waals surface area (Å²) in [4.78, 5) is 44.7. The smallest absolute Gasteiger partial charge is 0.325 e. The molecule has 162 valence electrons. The monoisotopic (exact) mass is 431 g/mol. The number of oxazole rings is 1. The third-order valence-corrected chi connectivity index (χ3v) is 5.57. The molecule has 0 bridgehead atoms. The maximum Gasteiger partial charge on any atom is 0.325 e. The minimum atomic E-state index is -1.48. The van der Waals surface area contributed by atoms with Crippen LogP contribution in [0.25, 0.3) is 11.1 Å². The molecule has 30 heavy (non-hydrogen) atoms. The molecule has 1 aromatic carbocycles.